The molecule has 0 spiro atoms. The molecule has 0 aromatic heterocycles. The average molecular weight is 393 g/mol. The van der Waals surface area contributed by atoms with Crippen LogP contribution in [0.2, 0.25) is 0 Å². The Labute approximate surface area is 170 Å². The van der Waals surface area contributed by atoms with Gasteiger partial charge in [0.1, 0.15) is 0 Å². The minimum absolute atomic E-state index is 0.0994. The molecule has 0 amide bonds. The largest absolute Gasteiger partial charge is 0.396 e. The first-order valence-corrected chi connectivity index (χ1v) is 11.4. The number of rotatable bonds is 3. The Balaban J connectivity index is 1.62. The van der Waals surface area contributed by atoms with Crippen LogP contribution in [-0.4, -0.2) is 45.8 Å². The highest BCUT2D eigenvalue weighted by Crippen LogP contribution is 2.66. The standard InChI is InChI=1S/C24H40O4/c1-22(21(28)13-25)9-8-17-15(10-22)4-6-19-18(17)5-7-20-23(2,14-26)11-16(27)12-24(19,20)3/h8-9,15-21,25-28H,4-7,10-14H2,1-3H3. The van der Waals surface area contributed by atoms with Crippen LogP contribution in [-0.2, 0) is 0 Å². The third-order valence-corrected chi connectivity index (χ3v) is 9.75. The smallest absolute Gasteiger partial charge is 0.0858 e. The lowest BCUT2D eigenvalue weighted by molar-refractivity contribution is -0.173. The predicted octanol–water partition coefficient (Wildman–Crippen LogP) is 3.13. The van der Waals surface area contributed by atoms with Gasteiger partial charge in [-0.3, -0.25) is 0 Å². The molecule has 10 atom stereocenters. The Bertz CT molecular complexity index is 620. The number of allylic oxidation sites excluding steroid dienone is 1. The summed E-state index contributed by atoms with van der Waals surface area (Å²) in [7, 11) is 0. The summed E-state index contributed by atoms with van der Waals surface area (Å²) in [5, 5.41) is 40.6. The highest BCUT2D eigenvalue weighted by molar-refractivity contribution is 5.16. The van der Waals surface area contributed by atoms with E-state index in [0.717, 1.165) is 32.1 Å². The molecule has 3 fully saturated rings. The zero-order chi connectivity index (χ0) is 20.3. The number of aliphatic hydroxyl groups excluding tert-OH is 4. The lowest BCUT2D eigenvalue weighted by Gasteiger charge is -2.64. The summed E-state index contributed by atoms with van der Waals surface area (Å²) >= 11 is 0. The molecule has 4 aliphatic carbocycles. The van der Waals surface area contributed by atoms with Crippen LogP contribution < -0.4 is 0 Å². The SMILES string of the molecule is CC1(C(O)CO)C=CC2C(CCC3C2CCC2C(C)(CO)CC(O)CC32C)C1. The van der Waals surface area contributed by atoms with Crippen molar-refractivity contribution in [2.75, 3.05) is 13.2 Å². The van der Waals surface area contributed by atoms with E-state index in [1.165, 1.54) is 12.8 Å². The Kier molecular flexibility index (Phi) is 5.27. The van der Waals surface area contributed by atoms with Crippen molar-refractivity contribution in [3.63, 3.8) is 0 Å². The molecule has 4 heteroatoms. The summed E-state index contributed by atoms with van der Waals surface area (Å²) in [5.41, 5.74) is -0.386. The number of aliphatic hydroxyl groups is 4. The van der Waals surface area contributed by atoms with Crippen molar-refractivity contribution < 1.29 is 20.4 Å². The van der Waals surface area contributed by atoms with Gasteiger partial charge in [0.25, 0.3) is 0 Å². The van der Waals surface area contributed by atoms with Gasteiger partial charge in [-0.1, -0.05) is 32.9 Å². The maximum absolute atomic E-state index is 10.7. The Morgan fingerprint density at radius 2 is 1.75 bits per heavy atom. The Morgan fingerprint density at radius 1 is 1.00 bits per heavy atom. The maximum atomic E-state index is 10.7. The summed E-state index contributed by atoms with van der Waals surface area (Å²) < 4.78 is 0. The molecule has 4 rings (SSSR count). The second-order valence-corrected chi connectivity index (χ2v) is 11.5. The van der Waals surface area contributed by atoms with E-state index in [-0.39, 0.29) is 35.6 Å². The van der Waals surface area contributed by atoms with Gasteiger partial charge in [0.2, 0.25) is 0 Å². The first kappa shape index (κ1) is 20.8. The fourth-order valence-electron chi connectivity index (χ4n) is 8.41. The van der Waals surface area contributed by atoms with E-state index >= 15 is 0 Å². The van der Waals surface area contributed by atoms with Crippen molar-refractivity contribution in [2.45, 2.75) is 77.9 Å². The number of hydrogen-bond donors (Lipinski definition) is 4. The molecule has 160 valence electrons. The molecule has 10 unspecified atom stereocenters. The quantitative estimate of drug-likeness (QED) is 0.556. The Hall–Kier alpha value is -0.420. The van der Waals surface area contributed by atoms with Crippen molar-refractivity contribution in [1.29, 1.82) is 0 Å². The molecule has 4 nitrogen and oxygen atoms in total. The monoisotopic (exact) mass is 392 g/mol. The van der Waals surface area contributed by atoms with E-state index in [2.05, 4.69) is 32.9 Å². The highest BCUT2D eigenvalue weighted by Gasteiger charge is 2.60. The van der Waals surface area contributed by atoms with E-state index < -0.39 is 6.10 Å². The van der Waals surface area contributed by atoms with Gasteiger partial charge < -0.3 is 20.4 Å². The van der Waals surface area contributed by atoms with Gasteiger partial charge in [0.15, 0.2) is 0 Å². The molecular formula is C24H40O4. The van der Waals surface area contributed by atoms with Crippen molar-refractivity contribution in [1.82, 2.24) is 0 Å². The number of fused-ring (bicyclic) bond motifs is 5. The van der Waals surface area contributed by atoms with Crippen LogP contribution >= 0.6 is 0 Å². The summed E-state index contributed by atoms with van der Waals surface area (Å²) in [5.74, 6) is 2.86. The fraction of sp³-hybridized carbons (Fsp3) is 0.917. The van der Waals surface area contributed by atoms with Gasteiger partial charge in [-0.15, -0.1) is 0 Å². The lowest BCUT2D eigenvalue weighted by Crippen LogP contribution is -2.59. The van der Waals surface area contributed by atoms with E-state index in [1.54, 1.807) is 0 Å². The van der Waals surface area contributed by atoms with E-state index in [1.807, 2.05) is 0 Å². The second kappa shape index (κ2) is 7.08. The van der Waals surface area contributed by atoms with Gasteiger partial charge in [0.05, 0.1) is 18.8 Å². The highest BCUT2D eigenvalue weighted by atomic mass is 16.3. The molecule has 28 heavy (non-hydrogen) atoms. The second-order valence-electron chi connectivity index (χ2n) is 11.5. The molecule has 3 saturated carbocycles. The van der Waals surface area contributed by atoms with Crippen LogP contribution in [0.3, 0.4) is 0 Å². The van der Waals surface area contributed by atoms with Crippen molar-refractivity contribution >= 4 is 0 Å². The maximum Gasteiger partial charge on any atom is 0.0858 e. The van der Waals surface area contributed by atoms with Crippen LogP contribution in [0.4, 0.5) is 0 Å². The molecule has 0 aromatic carbocycles. The minimum atomic E-state index is -0.686. The summed E-state index contributed by atoms with van der Waals surface area (Å²) in [6.45, 7) is 6.66. The average Bonchev–Trinajstić information content (AvgIpc) is 2.65. The molecule has 4 aliphatic rings. The van der Waals surface area contributed by atoms with E-state index in [4.69, 9.17) is 0 Å². The van der Waals surface area contributed by atoms with Crippen LogP contribution in [0.15, 0.2) is 12.2 Å². The first-order chi connectivity index (χ1) is 13.2. The molecule has 0 bridgehead atoms. The van der Waals surface area contributed by atoms with Gasteiger partial charge in [0, 0.05) is 12.0 Å². The summed E-state index contributed by atoms with van der Waals surface area (Å²) in [6, 6.07) is 0. The van der Waals surface area contributed by atoms with Crippen molar-refractivity contribution in [2.24, 2.45) is 45.8 Å². The van der Waals surface area contributed by atoms with Crippen molar-refractivity contribution in [3.8, 4) is 0 Å². The normalized spacial score (nSPS) is 54.4. The number of hydrogen-bond acceptors (Lipinski definition) is 4. The molecule has 0 heterocycles. The van der Waals surface area contributed by atoms with Gasteiger partial charge >= 0.3 is 0 Å². The lowest BCUT2D eigenvalue weighted by atomic mass is 9.41. The van der Waals surface area contributed by atoms with E-state index in [9.17, 15) is 20.4 Å². The minimum Gasteiger partial charge on any atom is -0.396 e. The molecule has 0 aromatic rings. The van der Waals surface area contributed by atoms with Gasteiger partial charge in [-0.05, 0) is 85.4 Å². The van der Waals surface area contributed by atoms with Gasteiger partial charge in [-0.25, -0.2) is 0 Å². The fourth-order valence-corrected chi connectivity index (χ4v) is 8.41. The van der Waals surface area contributed by atoms with Gasteiger partial charge in [-0.2, -0.15) is 0 Å². The summed E-state index contributed by atoms with van der Waals surface area (Å²) in [4.78, 5) is 0. The van der Waals surface area contributed by atoms with Crippen LogP contribution in [0.5, 0.6) is 0 Å². The van der Waals surface area contributed by atoms with Crippen LogP contribution in [0.25, 0.3) is 0 Å². The zero-order valence-electron chi connectivity index (χ0n) is 17.8. The molecule has 0 saturated heterocycles. The topological polar surface area (TPSA) is 80.9 Å². The molecule has 4 N–H and O–H groups in total. The van der Waals surface area contributed by atoms with E-state index in [0.29, 0.717) is 29.6 Å². The third kappa shape index (κ3) is 3.02. The zero-order valence-corrected chi connectivity index (χ0v) is 17.8. The first-order valence-electron chi connectivity index (χ1n) is 11.4. The van der Waals surface area contributed by atoms with Crippen LogP contribution in [0.1, 0.15) is 65.7 Å². The summed E-state index contributed by atoms with van der Waals surface area (Å²) in [6.07, 6.45) is 10.8. The Morgan fingerprint density at radius 3 is 2.43 bits per heavy atom. The van der Waals surface area contributed by atoms with Crippen molar-refractivity contribution in [3.05, 3.63) is 12.2 Å². The third-order valence-electron chi connectivity index (χ3n) is 9.75. The molecular weight excluding hydrogens is 352 g/mol. The molecule has 0 aliphatic heterocycles. The van der Waals surface area contributed by atoms with Crippen LogP contribution in [0, 0.1) is 45.8 Å². The predicted molar refractivity (Wildman–Crippen MR) is 109 cm³/mol. The molecule has 0 radical (unpaired) electrons.